The highest BCUT2D eigenvalue weighted by molar-refractivity contribution is 5.04. The second kappa shape index (κ2) is 2.70. The van der Waals surface area contributed by atoms with Crippen molar-refractivity contribution in [2.45, 2.75) is 0 Å². The summed E-state index contributed by atoms with van der Waals surface area (Å²) in [6.07, 6.45) is 0.861. The molecule has 0 atom stereocenters. The molecule has 1 aromatic heterocycles. The van der Waals surface area contributed by atoms with Crippen molar-refractivity contribution < 1.29 is 14.2 Å². The van der Waals surface area contributed by atoms with Crippen LogP contribution in [0.4, 0.5) is 5.82 Å². The molecule has 0 aromatic carbocycles. The van der Waals surface area contributed by atoms with Crippen molar-refractivity contribution in [3.05, 3.63) is 16.4 Å². The number of aromatic nitrogens is 2. The summed E-state index contributed by atoms with van der Waals surface area (Å²) in [5.41, 5.74) is 0. The third-order valence-corrected chi connectivity index (χ3v) is 0.536. The van der Waals surface area contributed by atoms with Crippen LogP contribution >= 0.6 is 0 Å². The molecule has 0 N–H and O–H groups in total. The van der Waals surface area contributed by atoms with Crippen LogP contribution in [0.25, 0.3) is 0 Å². The van der Waals surface area contributed by atoms with Crippen molar-refractivity contribution in [3.8, 4) is 0 Å². The Morgan fingerprint density at radius 3 is 2.67 bits per heavy atom. The number of hydrogen-bond acceptors (Lipinski definition) is 5. The van der Waals surface area contributed by atoms with E-state index >= 15 is 0 Å². The third kappa shape index (κ3) is 1.44. The fourth-order valence-electron chi connectivity index (χ4n) is 0.239. The first kappa shape index (κ1) is 7.47. The van der Waals surface area contributed by atoms with E-state index in [1.165, 1.54) is 0 Å². The number of halogens is 1. The molecule has 0 spiro atoms. The first-order valence-corrected chi connectivity index (χ1v) is 1.72. The maximum atomic E-state index is 9.71. The molecule has 7 heteroatoms. The van der Waals surface area contributed by atoms with Gasteiger partial charge in [0.05, 0.1) is 0 Å². The zero-order chi connectivity index (χ0) is 5.98. The second-order valence-corrected chi connectivity index (χ2v) is 1.02. The molecule has 1 rings (SSSR count). The van der Waals surface area contributed by atoms with Gasteiger partial charge < -0.3 is 19.3 Å². The topological polar surface area (TPSA) is 82.1 Å². The molecule has 0 fully saturated rings. The zero-order valence-corrected chi connectivity index (χ0v) is 4.02. The lowest BCUT2D eigenvalue weighted by Crippen LogP contribution is -3.00. The molecule has 0 aliphatic carbocycles. The largest absolute Gasteiger partial charge is 1.00 e. The first-order chi connectivity index (χ1) is 3.80. The second-order valence-electron chi connectivity index (χ2n) is 1.02. The average molecular weight is 134 g/mol. The molecule has 0 saturated carbocycles. The Bertz CT molecular complexity index is 185. The minimum absolute atomic E-state index is 0. The van der Waals surface area contributed by atoms with Gasteiger partial charge in [-0.2, -0.15) is 0 Å². The molecule has 0 aliphatic heterocycles. The minimum atomic E-state index is -0.684. The van der Waals surface area contributed by atoms with Crippen LogP contribution in [0.1, 0.15) is 0 Å². The van der Waals surface area contributed by atoms with Gasteiger partial charge in [-0.25, -0.2) is 0 Å². The van der Waals surface area contributed by atoms with Gasteiger partial charge in [-0.15, -0.1) is 0 Å². The van der Waals surface area contributed by atoms with Crippen molar-refractivity contribution in [3.63, 3.8) is 0 Å². The standard InChI is InChI=1S/C2HN3O3.FH/c6-5(7)2-1-8-4-3-2;/h1H;1H/p-1. The highest BCUT2D eigenvalue weighted by atomic mass is 19.0. The summed E-state index contributed by atoms with van der Waals surface area (Å²) < 4.78 is 4.07. The van der Waals surface area contributed by atoms with E-state index < -0.39 is 4.92 Å². The minimum Gasteiger partial charge on any atom is -1.00 e. The Balaban J connectivity index is 0.000000640. The summed E-state index contributed by atoms with van der Waals surface area (Å²) in [6, 6.07) is 0. The van der Waals surface area contributed by atoms with Gasteiger partial charge in [0.1, 0.15) is 5.10 Å². The summed E-state index contributed by atoms with van der Waals surface area (Å²) in [7, 11) is 0. The predicted molar refractivity (Wildman–Crippen MR) is 21.0 cm³/mol. The fourth-order valence-corrected chi connectivity index (χ4v) is 0.239. The van der Waals surface area contributed by atoms with Crippen LogP contribution in [0.15, 0.2) is 10.8 Å². The maximum absolute atomic E-state index is 9.71. The highest BCUT2D eigenvalue weighted by Crippen LogP contribution is 2.00. The predicted octanol–water partition coefficient (Wildman–Crippen LogP) is -3.02. The van der Waals surface area contributed by atoms with Crippen LogP contribution in [-0.2, 0) is 0 Å². The molecule has 1 heterocycles. The summed E-state index contributed by atoms with van der Waals surface area (Å²) in [4.78, 5) is 9.02. The lowest BCUT2D eigenvalue weighted by molar-refractivity contribution is -0.389. The van der Waals surface area contributed by atoms with Gasteiger partial charge in [0.15, 0.2) is 5.27 Å². The van der Waals surface area contributed by atoms with Gasteiger partial charge in [-0.1, -0.05) is 0 Å². The van der Waals surface area contributed by atoms with E-state index in [-0.39, 0.29) is 10.5 Å². The SMILES string of the molecule is O=[N+]([O-])c1conn1.[F-]. The monoisotopic (exact) mass is 134 g/mol. The van der Waals surface area contributed by atoms with Crippen molar-refractivity contribution in [2.24, 2.45) is 0 Å². The van der Waals surface area contributed by atoms with Crippen LogP contribution in [0.3, 0.4) is 0 Å². The van der Waals surface area contributed by atoms with Crippen molar-refractivity contribution in [1.82, 2.24) is 10.4 Å². The molecule has 6 nitrogen and oxygen atoms in total. The Kier molecular flexibility index (Phi) is 2.24. The maximum Gasteiger partial charge on any atom is 0.432 e. The summed E-state index contributed by atoms with van der Waals surface area (Å²) in [5, 5.41) is 15.6. The smallest absolute Gasteiger partial charge is 0.432 e. The molecule has 0 amide bonds. The van der Waals surface area contributed by atoms with Crippen LogP contribution in [-0.4, -0.2) is 15.3 Å². The lowest BCUT2D eigenvalue weighted by atomic mass is 10.8. The lowest BCUT2D eigenvalue weighted by Gasteiger charge is -1.78. The van der Waals surface area contributed by atoms with E-state index in [1.54, 1.807) is 0 Å². The van der Waals surface area contributed by atoms with Gasteiger partial charge in [0, 0.05) is 0 Å². The van der Waals surface area contributed by atoms with E-state index in [0.29, 0.717) is 0 Å². The molecular weight excluding hydrogens is 133 g/mol. The van der Waals surface area contributed by atoms with Crippen molar-refractivity contribution >= 4 is 5.82 Å². The third-order valence-electron chi connectivity index (χ3n) is 0.536. The van der Waals surface area contributed by atoms with Gasteiger partial charge in [0.2, 0.25) is 6.26 Å². The summed E-state index contributed by atoms with van der Waals surface area (Å²) in [6.45, 7) is 0. The molecule has 50 valence electrons. The normalized spacial score (nSPS) is 8.00. The highest BCUT2D eigenvalue weighted by Gasteiger charge is 2.07. The average Bonchev–Trinajstić information content (AvgIpc) is 2.12. The quantitative estimate of drug-likeness (QED) is 0.301. The summed E-state index contributed by atoms with van der Waals surface area (Å²) in [5.74, 6) is -0.370. The van der Waals surface area contributed by atoms with Crippen molar-refractivity contribution in [2.75, 3.05) is 0 Å². The Morgan fingerprint density at radius 2 is 2.44 bits per heavy atom. The van der Waals surface area contributed by atoms with E-state index in [1.807, 2.05) is 0 Å². The molecule has 0 unspecified atom stereocenters. The molecular formula is C2HFN3O3-. The number of rotatable bonds is 1. The number of nitro groups is 1. The van der Waals surface area contributed by atoms with Crippen LogP contribution in [0.2, 0.25) is 0 Å². The van der Waals surface area contributed by atoms with Crippen LogP contribution in [0.5, 0.6) is 0 Å². The molecule has 0 saturated heterocycles. The summed E-state index contributed by atoms with van der Waals surface area (Å²) >= 11 is 0. The number of hydrogen-bond donors (Lipinski definition) is 0. The van der Waals surface area contributed by atoms with E-state index in [4.69, 9.17) is 0 Å². The van der Waals surface area contributed by atoms with Crippen molar-refractivity contribution in [1.29, 1.82) is 0 Å². The molecule has 9 heavy (non-hydrogen) atoms. The van der Waals surface area contributed by atoms with E-state index in [0.717, 1.165) is 6.26 Å². The van der Waals surface area contributed by atoms with Crippen LogP contribution < -0.4 is 4.70 Å². The van der Waals surface area contributed by atoms with Gasteiger partial charge >= 0.3 is 5.82 Å². The van der Waals surface area contributed by atoms with Crippen LogP contribution in [0, 0.1) is 10.1 Å². The molecule has 1 aromatic rings. The zero-order valence-electron chi connectivity index (χ0n) is 4.02. The Morgan fingerprint density at radius 1 is 1.78 bits per heavy atom. The molecule has 0 aliphatic rings. The molecule has 0 bridgehead atoms. The van der Waals surface area contributed by atoms with E-state index in [2.05, 4.69) is 14.9 Å². The molecule has 0 radical (unpaired) electrons. The van der Waals surface area contributed by atoms with Gasteiger partial charge in [-0.05, 0) is 4.92 Å². The van der Waals surface area contributed by atoms with Gasteiger partial charge in [-0.3, -0.25) is 0 Å². The van der Waals surface area contributed by atoms with Gasteiger partial charge in [0.25, 0.3) is 0 Å². The van der Waals surface area contributed by atoms with E-state index in [9.17, 15) is 10.1 Å². The Labute approximate surface area is 48.0 Å². The number of nitrogens with zero attached hydrogens (tertiary/aromatic N) is 3. The first-order valence-electron chi connectivity index (χ1n) is 1.72. The Hall–Kier alpha value is -1.53. The fraction of sp³-hybridized carbons (Fsp3) is 0.